The summed E-state index contributed by atoms with van der Waals surface area (Å²) >= 11 is 0. The Labute approximate surface area is 124 Å². The van der Waals surface area contributed by atoms with Gasteiger partial charge in [-0.15, -0.1) is 0 Å². The van der Waals surface area contributed by atoms with Crippen molar-refractivity contribution >= 4 is 0 Å². The van der Waals surface area contributed by atoms with E-state index in [4.69, 9.17) is 25.2 Å². The van der Waals surface area contributed by atoms with Gasteiger partial charge in [-0.05, 0) is 24.3 Å². The average molecular weight is 294 g/mol. The zero-order chi connectivity index (χ0) is 15.8. The number of aliphatic hydroxyl groups excluding tert-OH is 4. The van der Waals surface area contributed by atoms with E-state index in [1.54, 1.807) is 0 Å². The Morgan fingerprint density at radius 2 is 0.810 bits per heavy atom. The minimum atomic E-state index is -0.125. The second-order valence-electron chi connectivity index (χ2n) is 3.62. The number of aliphatic hydroxyl groups is 4. The number of rotatable bonds is 4. The topological polar surface area (TPSA) is 90.2 Å². The summed E-state index contributed by atoms with van der Waals surface area (Å²) in [6.07, 6.45) is 0. The number of hydrogen-bond donors (Lipinski definition) is 4. The van der Waals surface area contributed by atoms with Crippen molar-refractivity contribution in [1.29, 1.82) is 0 Å². The zero-order valence-corrected chi connectivity index (χ0v) is 11.8. The van der Waals surface area contributed by atoms with Crippen LogP contribution in [0.2, 0.25) is 0 Å². The normalized spacial score (nSPS) is 8.76. The van der Waals surface area contributed by atoms with Gasteiger partial charge in [-0.25, -0.2) is 0 Å². The van der Waals surface area contributed by atoms with Crippen molar-refractivity contribution in [2.75, 3.05) is 26.4 Å². The van der Waals surface area contributed by atoms with Crippen LogP contribution >= 0.6 is 0 Å². The number of hydrogen-bond acceptors (Lipinski definition) is 5. The highest BCUT2D eigenvalue weighted by Crippen LogP contribution is 2.19. The van der Waals surface area contributed by atoms with Gasteiger partial charge in [0.15, 0.2) is 0 Å². The van der Waals surface area contributed by atoms with Gasteiger partial charge in [0.05, 0.1) is 26.4 Å². The standard InChI is InChI=1S/C12H10O.2C2H6O2/c1-3-7-11(8-4-1)13-12-9-5-2-6-10-12;2*3-1-2-4/h1-10H;2*3-4H,1-2H2. The Balaban J connectivity index is 0.000000421. The third kappa shape index (κ3) is 11.6. The summed E-state index contributed by atoms with van der Waals surface area (Å²) in [5.74, 6) is 1.74. The molecule has 0 fully saturated rings. The monoisotopic (exact) mass is 294 g/mol. The first-order valence-corrected chi connectivity index (χ1v) is 6.49. The molecule has 0 bridgehead atoms. The van der Waals surface area contributed by atoms with Crippen LogP contribution in [0.15, 0.2) is 60.7 Å². The number of benzene rings is 2. The molecule has 2 aromatic carbocycles. The first kappa shape index (κ1) is 19.1. The lowest BCUT2D eigenvalue weighted by Crippen LogP contribution is -1.85. The molecule has 2 rings (SSSR count). The summed E-state index contributed by atoms with van der Waals surface area (Å²) in [7, 11) is 0. The Kier molecular flexibility index (Phi) is 13.2. The van der Waals surface area contributed by atoms with Crippen molar-refractivity contribution in [1.82, 2.24) is 0 Å². The van der Waals surface area contributed by atoms with E-state index in [0.717, 1.165) is 11.5 Å². The Hall–Kier alpha value is -1.92. The highest BCUT2D eigenvalue weighted by Gasteiger charge is 1.92. The Morgan fingerprint density at radius 3 is 1.05 bits per heavy atom. The van der Waals surface area contributed by atoms with Crippen LogP contribution in [0.4, 0.5) is 0 Å². The molecule has 0 amide bonds. The predicted octanol–water partition coefficient (Wildman–Crippen LogP) is 1.42. The predicted molar refractivity (Wildman–Crippen MR) is 81.3 cm³/mol. The van der Waals surface area contributed by atoms with Gasteiger partial charge in [-0.3, -0.25) is 0 Å². The zero-order valence-electron chi connectivity index (χ0n) is 11.8. The van der Waals surface area contributed by atoms with Crippen molar-refractivity contribution in [2.24, 2.45) is 0 Å². The summed E-state index contributed by atoms with van der Waals surface area (Å²) in [5.41, 5.74) is 0. The number of para-hydroxylation sites is 2. The van der Waals surface area contributed by atoms with E-state index in [2.05, 4.69) is 0 Å². The average Bonchev–Trinajstić information content (AvgIpc) is 2.57. The summed E-state index contributed by atoms with van der Waals surface area (Å²) in [5, 5.41) is 30.5. The highest BCUT2D eigenvalue weighted by atomic mass is 16.5. The summed E-state index contributed by atoms with van der Waals surface area (Å²) < 4.78 is 5.58. The minimum absolute atomic E-state index is 0.125. The molecule has 0 heterocycles. The van der Waals surface area contributed by atoms with Crippen LogP contribution in [-0.4, -0.2) is 46.9 Å². The third-order valence-electron chi connectivity index (χ3n) is 1.92. The fourth-order valence-corrected chi connectivity index (χ4v) is 1.11. The van der Waals surface area contributed by atoms with Gasteiger partial charge in [0.1, 0.15) is 11.5 Å². The van der Waals surface area contributed by atoms with Crippen molar-refractivity contribution in [3.8, 4) is 11.5 Å². The van der Waals surface area contributed by atoms with E-state index >= 15 is 0 Å². The lowest BCUT2D eigenvalue weighted by Gasteiger charge is -2.03. The fourth-order valence-electron chi connectivity index (χ4n) is 1.11. The van der Waals surface area contributed by atoms with Crippen molar-refractivity contribution in [3.63, 3.8) is 0 Å². The van der Waals surface area contributed by atoms with Crippen LogP contribution < -0.4 is 4.74 Å². The molecule has 0 aliphatic carbocycles. The molecular weight excluding hydrogens is 272 g/mol. The summed E-state index contributed by atoms with van der Waals surface area (Å²) in [4.78, 5) is 0. The molecule has 0 saturated carbocycles. The molecule has 4 N–H and O–H groups in total. The summed E-state index contributed by atoms with van der Waals surface area (Å²) in [6.45, 7) is -0.500. The maximum absolute atomic E-state index is 7.62. The van der Waals surface area contributed by atoms with Gasteiger partial charge < -0.3 is 25.2 Å². The van der Waals surface area contributed by atoms with Gasteiger partial charge in [0, 0.05) is 0 Å². The highest BCUT2D eigenvalue weighted by molar-refractivity contribution is 5.30. The van der Waals surface area contributed by atoms with E-state index in [9.17, 15) is 0 Å². The molecule has 2 aromatic rings. The second-order valence-corrected chi connectivity index (χ2v) is 3.62. The molecule has 0 spiro atoms. The SMILES string of the molecule is OCCO.OCCO.c1ccc(Oc2ccccc2)cc1. The Bertz CT molecular complexity index is 374. The van der Waals surface area contributed by atoms with Crippen molar-refractivity contribution in [3.05, 3.63) is 60.7 Å². The maximum atomic E-state index is 7.62. The molecule has 0 aliphatic heterocycles. The molecule has 5 heteroatoms. The van der Waals surface area contributed by atoms with Crippen LogP contribution in [0.5, 0.6) is 11.5 Å². The lowest BCUT2D eigenvalue weighted by atomic mass is 10.3. The molecular formula is C16H22O5. The quantitative estimate of drug-likeness (QED) is 0.685. The molecule has 0 saturated heterocycles. The van der Waals surface area contributed by atoms with Gasteiger partial charge in [0.25, 0.3) is 0 Å². The van der Waals surface area contributed by atoms with Crippen LogP contribution in [-0.2, 0) is 0 Å². The molecule has 0 atom stereocenters. The van der Waals surface area contributed by atoms with E-state index in [-0.39, 0.29) is 26.4 Å². The molecule has 0 radical (unpaired) electrons. The van der Waals surface area contributed by atoms with Crippen LogP contribution in [0.3, 0.4) is 0 Å². The van der Waals surface area contributed by atoms with Crippen molar-refractivity contribution < 1.29 is 25.2 Å². The van der Waals surface area contributed by atoms with E-state index < -0.39 is 0 Å². The largest absolute Gasteiger partial charge is 0.457 e. The van der Waals surface area contributed by atoms with Gasteiger partial charge in [-0.1, -0.05) is 36.4 Å². The molecule has 5 nitrogen and oxygen atoms in total. The van der Waals surface area contributed by atoms with Gasteiger partial charge >= 0.3 is 0 Å². The lowest BCUT2D eigenvalue weighted by molar-refractivity contribution is 0.186. The maximum Gasteiger partial charge on any atom is 0.127 e. The van der Waals surface area contributed by atoms with E-state index in [1.165, 1.54) is 0 Å². The summed E-state index contributed by atoms with van der Waals surface area (Å²) in [6, 6.07) is 19.5. The molecule has 21 heavy (non-hydrogen) atoms. The van der Waals surface area contributed by atoms with Crippen molar-refractivity contribution in [2.45, 2.75) is 0 Å². The van der Waals surface area contributed by atoms with Crippen LogP contribution in [0.1, 0.15) is 0 Å². The van der Waals surface area contributed by atoms with Gasteiger partial charge in [-0.2, -0.15) is 0 Å². The molecule has 0 aromatic heterocycles. The van der Waals surface area contributed by atoms with Crippen LogP contribution in [0, 0.1) is 0 Å². The van der Waals surface area contributed by atoms with E-state index in [0.29, 0.717) is 0 Å². The Morgan fingerprint density at radius 1 is 0.524 bits per heavy atom. The second kappa shape index (κ2) is 14.5. The van der Waals surface area contributed by atoms with Gasteiger partial charge in [0.2, 0.25) is 0 Å². The molecule has 0 aliphatic rings. The smallest absolute Gasteiger partial charge is 0.127 e. The first-order chi connectivity index (χ1) is 10.3. The number of ether oxygens (including phenoxy) is 1. The van der Waals surface area contributed by atoms with E-state index in [1.807, 2.05) is 60.7 Å². The molecule has 0 unspecified atom stereocenters. The van der Waals surface area contributed by atoms with Crippen LogP contribution in [0.25, 0.3) is 0 Å². The fraction of sp³-hybridized carbons (Fsp3) is 0.250. The molecule has 116 valence electrons. The third-order valence-corrected chi connectivity index (χ3v) is 1.92. The first-order valence-electron chi connectivity index (χ1n) is 6.49. The minimum Gasteiger partial charge on any atom is -0.457 e.